The highest BCUT2D eigenvalue weighted by Crippen LogP contribution is 2.15. The van der Waals surface area contributed by atoms with E-state index in [4.69, 9.17) is 23.8 Å². The number of amides is 1. The molecule has 0 saturated carbocycles. The van der Waals surface area contributed by atoms with Gasteiger partial charge in [0.25, 0.3) is 0 Å². The molecule has 3 nitrogen and oxygen atoms in total. The highest BCUT2D eigenvalue weighted by molar-refractivity contribution is 9.10. The molecule has 0 aromatic heterocycles. The van der Waals surface area contributed by atoms with E-state index in [1.54, 1.807) is 18.2 Å². The molecule has 1 amide bonds. The SMILES string of the molecule is O=C(/C=C/c1ccc(Cl)cc1)NC(=S)Nc1cccc(Br)c1. The molecule has 0 aliphatic rings. The number of anilines is 1. The van der Waals surface area contributed by atoms with Crippen LogP contribution in [0.4, 0.5) is 5.69 Å². The van der Waals surface area contributed by atoms with Crippen LogP contribution in [0.5, 0.6) is 0 Å². The van der Waals surface area contributed by atoms with Gasteiger partial charge in [-0.15, -0.1) is 0 Å². The maximum Gasteiger partial charge on any atom is 0.250 e. The third-order valence-corrected chi connectivity index (χ3v) is 3.57. The van der Waals surface area contributed by atoms with Crippen molar-refractivity contribution < 1.29 is 4.79 Å². The van der Waals surface area contributed by atoms with Crippen LogP contribution in [0.25, 0.3) is 6.08 Å². The molecular weight excluding hydrogens is 384 g/mol. The van der Waals surface area contributed by atoms with Crippen LogP contribution in [0.2, 0.25) is 5.02 Å². The van der Waals surface area contributed by atoms with Crippen LogP contribution in [-0.2, 0) is 4.79 Å². The third-order valence-electron chi connectivity index (χ3n) is 2.62. The topological polar surface area (TPSA) is 41.1 Å². The molecule has 2 rings (SSSR count). The van der Waals surface area contributed by atoms with Crippen LogP contribution in [-0.4, -0.2) is 11.0 Å². The van der Waals surface area contributed by atoms with Gasteiger partial charge in [-0.25, -0.2) is 0 Å². The summed E-state index contributed by atoms with van der Waals surface area (Å²) in [5.41, 5.74) is 1.67. The summed E-state index contributed by atoms with van der Waals surface area (Å²) in [7, 11) is 0. The molecule has 0 aliphatic heterocycles. The van der Waals surface area contributed by atoms with E-state index in [0.717, 1.165) is 15.7 Å². The summed E-state index contributed by atoms with van der Waals surface area (Å²) < 4.78 is 0.925. The molecule has 6 heteroatoms. The number of carbonyl (C=O) groups excluding carboxylic acids is 1. The number of hydrogen-bond donors (Lipinski definition) is 2. The quantitative estimate of drug-likeness (QED) is 0.588. The molecular formula is C16H12BrClN2OS. The zero-order valence-electron chi connectivity index (χ0n) is 11.3. The maximum atomic E-state index is 11.8. The second-order valence-electron chi connectivity index (χ2n) is 4.34. The van der Waals surface area contributed by atoms with Crippen LogP contribution in [0.3, 0.4) is 0 Å². The van der Waals surface area contributed by atoms with E-state index in [2.05, 4.69) is 26.6 Å². The fourth-order valence-corrected chi connectivity index (χ4v) is 2.37. The van der Waals surface area contributed by atoms with Crippen molar-refractivity contribution in [1.29, 1.82) is 0 Å². The summed E-state index contributed by atoms with van der Waals surface area (Å²) in [4.78, 5) is 11.8. The van der Waals surface area contributed by atoms with Crippen molar-refractivity contribution in [3.8, 4) is 0 Å². The van der Waals surface area contributed by atoms with Gasteiger partial charge in [-0.3, -0.25) is 10.1 Å². The Hall–Kier alpha value is -1.69. The van der Waals surface area contributed by atoms with Crippen LogP contribution in [0.15, 0.2) is 59.1 Å². The Morgan fingerprint density at radius 1 is 1.18 bits per heavy atom. The second kappa shape index (κ2) is 8.08. The highest BCUT2D eigenvalue weighted by Gasteiger charge is 2.02. The molecule has 0 aliphatic carbocycles. The van der Waals surface area contributed by atoms with Crippen molar-refractivity contribution in [2.75, 3.05) is 5.32 Å². The minimum Gasteiger partial charge on any atom is -0.332 e. The molecule has 0 fully saturated rings. The van der Waals surface area contributed by atoms with Crippen LogP contribution < -0.4 is 10.6 Å². The average Bonchev–Trinajstić information content (AvgIpc) is 2.46. The van der Waals surface area contributed by atoms with E-state index in [1.165, 1.54) is 6.08 Å². The lowest BCUT2D eigenvalue weighted by Crippen LogP contribution is -2.32. The Morgan fingerprint density at radius 3 is 2.59 bits per heavy atom. The monoisotopic (exact) mass is 394 g/mol. The van der Waals surface area contributed by atoms with Gasteiger partial charge in [-0.05, 0) is 54.2 Å². The van der Waals surface area contributed by atoms with E-state index < -0.39 is 0 Å². The Labute approximate surface area is 147 Å². The Balaban J connectivity index is 1.88. The van der Waals surface area contributed by atoms with Gasteiger partial charge >= 0.3 is 0 Å². The van der Waals surface area contributed by atoms with Crippen molar-refractivity contribution in [2.45, 2.75) is 0 Å². The predicted molar refractivity (Wildman–Crippen MR) is 99.0 cm³/mol. The average molecular weight is 396 g/mol. The van der Waals surface area contributed by atoms with Crippen molar-refractivity contribution in [3.63, 3.8) is 0 Å². The van der Waals surface area contributed by atoms with Gasteiger partial charge in [0.1, 0.15) is 0 Å². The number of rotatable bonds is 3. The zero-order chi connectivity index (χ0) is 15.9. The van der Waals surface area contributed by atoms with E-state index in [0.29, 0.717) is 5.02 Å². The van der Waals surface area contributed by atoms with Crippen LogP contribution in [0.1, 0.15) is 5.56 Å². The molecule has 0 radical (unpaired) electrons. The number of thiocarbonyl (C=S) groups is 1. The van der Waals surface area contributed by atoms with E-state index in [-0.39, 0.29) is 11.0 Å². The van der Waals surface area contributed by atoms with Crippen molar-refractivity contribution in [2.24, 2.45) is 0 Å². The van der Waals surface area contributed by atoms with E-state index >= 15 is 0 Å². The largest absolute Gasteiger partial charge is 0.332 e. The first-order valence-electron chi connectivity index (χ1n) is 6.34. The highest BCUT2D eigenvalue weighted by atomic mass is 79.9. The van der Waals surface area contributed by atoms with E-state index in [1.807, 2.05) is 36.4 Å². The number of carbonyl (C=O) groups is 1. The summed E-state index contributed by atoms with van der Waals surface area (Å²) >= 11 is 14.3. The Morgan fingerprint density at radius 2 is 1.91 bits per heavy atom. The summed E-state index contributed by atoms with van der Waals surface area (Å²) in [6.07, 6.45) is 3.10. The van der Waals surface area contributed by atoms with Crippen molar-refractivity contribution in [3.05, 3.63) is 69.7 Å². The summed E-state index contributed by atoms with van der Waals surface area (Å²) in [5, 5.41) is 6.41. The molecule has 22 heavy (non-hydrogen) atoms. The minimum absolute atomic E-state index is 0.240. The molecule has 0 heterocycles. The van der Waals surface area contributed by atoms with Crippen molar-refractivity contribution >= 4 is 62.5 Å². The van der Waals surface area contributed by atoms with Gasteiger partial charge < -0.3 is 5.32 Å². The lowest BCUT2D eigenvalue weighted by molar-refractivity contribution is -0.115. The summed E-state index contributed by atoms with van der Waals surface area (Å²) in [6.45, 7) is 0. The fraction of sp³-hybridized carbons (Fsp3) is 0. The molecule has 0 atom stereocenters. The summed E-state index contributed by atoms with van der Waals surface area (Å²) in [6, 6.07) is 14.7. The zero-order valence-corrected chi connectivity index (χ0v) is 14.5. The fourth-order valence-electron chi connectivity index (χ4n) is 1.63. The smallest absolute Gasteiger partial charge is 0.250 e. The molecule has 0 saturated heterocycles. The van der Waals surface area contributed by atoms with Gasteiger partial charge in [0.05, 0.1) is 0 Å². The standard InChI is InChI=1S/C16H12BrClN2OS/c17-12-2-1-3-14(10-12)19-16(22)20-15(21)9-6-11-4-7-13(18)8-5-11/h1-10H,(H2,19,20,21,22)/b9-6+. The molecule has 0 bridgehead atoms. The first-order valence-corrected chi connectivity index (χ1v) is 7.92. The Bertz CT molecular complexity index is 716. The Kier molecular flexibility index (Phi) is 6.12. The molecule has 0 spiro atoms. The normalized spacial score (nSPS) is 10.5. The molecule has 0 unspecified atom stereocenters. The van der Waals surface area contributed by atoms with E-state index in [9.17, 15) is 4.79 Å². The maximum absolute atomic E-state index is 11.8. The van der Waals surface area contributed by atoms with Crippen LogP contribution in [0, 0.1) is 0 Å². The lowest BCUT2D eigenvalue weighted by atomic mass is 10.2. The number of halogens is 2. The van der Waals surface area contributed by atoms with Gasteiger partial charge in [0, 0.05) is 21.3 Å². The van der Waals surface area contributed by atoms with Gasteiger partial charge in [-0.1, -0.05) is 45.7 Å². The minimum atomic E-state index is -0.303. The van der Waals surface area contributed by atoms with Crippen LogP contribution >= 0.6 is 39.7 Å². The molecule has 2 aromatic carbocycles. The first-order chi connectivity index (χ1) is 10.5. The first kappa shape index (κ1) is 16.7. The number of benzene rings is 2. The second-order valence-corrected chi connectivity index (χ2v) is 6.10. The van der Waals surface area contributed by atoms with Gasteiger partial charge in [-0.2, -0.15) is 0 Å². The number of hydrogen-bond acceptors (Lipinski definition) is 2. The molecule has 2 N–H and O–H groups in total. The lowest BCUT2D eigenvalue weighted by Gasteiger charge is -2.08. The molecule has 112 valence electrons. The molecule has 2 aromatic rings. The van der Waals surface area contributed by atoms with Crippen molar-refractivity contribution in [1.82, 2.24) is 5.32 Å². The summed E-state index contributed by atoms with van der Waals surface area (Å²) in [5.74, 6) is -0.303. The van der Waals surface area contributed by atoms with Gasteiger partial charge in [0.2, 0.25) is 5.91 Å². The number of nitrogens with one attached hydrogen (secondary N) is 2. The van der Waals surface area contributed by atoms with Gasteiger partial charge in [0.15, 0.2) is 5.11 Å². The predicted octanol–water partition coefficient (Wildman–Crippen LogP) is 4.63. The third kappa shape index (κ3) is 5.60.